The monoisotopic (exact) mass is 567 g/mol. The number of fused-ring (bicyclic) bond motifs is 1. The summed E-state index contributed by atoms with van der Waals surface area (Å²) >= 11 is 0. The Kier molecular flexibility index (Phi) is 8.17. The maximum absolute atomic E-state index is 13.6. The van der Waals surface area contributed by atoms with E-state index in [2.05, 4.69) is 25.5 Å². The number of anilines is 2. The number of nitrogens with one attached hydrogen (secondary N) is 2. The number of rotatable bonds is 9. The van der Waals surface area contributed by atoms with E-state index in [1.807, 2.05) is 65.2 Å². The minimum Gasteiger partial charge on any atom is -0.439 e. The molecule has 3 aromatic carbocycles. The highest BCUT2D eigenvalue weighted by Crippen LogP contribution is 2.30. The summed E-state index contributed by atoms with van der Waals surface area (Å²) in [7, 11) is 4.02. The zero-order valence-corrected chi connectivity index (χ0v) is 24.4. The second kappa shape index (κ2) is 12.0. The molecule has 2 N–H and O–H groups in total. The van der Waals surface area contributed by atoms with Gasteiger partial charge in [0, 0.05) is 36.2 Å². The van der Waals surface area contributed by atoms with E-state index < -0.39 is 0 Å². The number of hydrogen-bond donors (Lipinski definition) is 2. The summed E-state index contributed by atoms with van der Waals surface area (Å²) in [6, 6.07) is 20.7. The predicted molar refractivity (Wildman–Crippen MR) is 163 cm³/mol. The Morgan fingerprint density at radius 2 is 1.79 bits per heavy atom. The summed E-state index contributed by atoms with van der Waals surface area (Å²) in [5, 5.41) is 12.6. The van der Waals surface area contributed by atoms with Crippen molar-refractivity contribution in [2.24, 2.45) is 0 Å². The van der Waals surface area contributed by atoms with Gasteiger partial charge in [0.05, 0.1) is 11.4 Å². The van der Waals surface area contributed by atoms with Gasteiger partial charge in [0.15, 0.2) is 0 Å². The lowest BCUT2D eigenvalue weighted by molar-refractivity contribution is 0.102. The van der Waals surface area contributed by atoms with Gasteiger partial charge in [-0.1, -0.05) is 32.9 Å². The molecule has 2 heterocycles. The van der Waals surface area contributed by atoms with Crippen LogP contribution in [0.1, 0.15) is 36.8 Å². The smallest absolute Gasteiger partial charge is 0.257 e. The topological polar surface area (TPSA) is 97.2 Å². The lowest BCUT2D eigenvalue weighted by Crippen LogP contribution is -2.21. The molecule has 216 valence electrons. The van der Waals surface area contributed by atoms with Gasteiger partial charge >= 0.3 is 0 Å². The van der Waals surface area contributed by atoms with Crippen molar-refractivity contribution in [3.05, 3.63) is 96.2 Å². The first kappa shape index (κ1) is 28.7. The molecule has 0 fully saturated rings. The fourth-order valence-corrected chi connectivity index (χ4v) is 4.34. The van der Waals surface area contributed by atoms with Crippen LogP contribution >= 0.6 is 0 Å². The highest BCUT2D eigenvalue weighted by molar-refractivity contribution is 6.13. The predicted octanol–water partition coefficient (Wildman–Crippen LogP) is 6.27. The van der Waals surface area contributed by atoms with Crippen LogP contribution in [0.15, 0.2) is 79.1 Å². The van der Waals surface area contributed by atoms with Crippen molar-refractivity contribution in [3.8, 4) is 17.3 Å². The van der Waals surface area contributed by atoms with E-state index >= 15 is 0 Å². The van der Waals surface area contributed by atoms with Crippen molar-refractivity contribution in [2.45, 2.75) is 26.2 Å². The molecule has 0 aliphatic heterocycles. The van der Waals surface area contributed by atoms with Crippen molar-refractivity contribution in [1.82, 2.24) is 24.6 Å². The largest absolute Gasteiger partial charge is 0.439 e. The summed E-state index contributed by atoms with van der Waals surface area (Å²) in [4.78, 5) is 24.2. The summed E-state index contributed by atoms with van der Waals surface area (Å²) in [6.45, 7) is 7.75. The lowest BCUT2D eigenvalue weighted by Gasteiger charge is -2.14. The third-order valence-corrected chi connectivity index (χ3v) is 6.62. The first-order valence-electron chi connectivity index (χ1n) is 13.7. The van der Waals surface area contributed by atoms with Crippen LogP contribution < -0.4 is 15.4 Å². The molecule has 2 aromatic heterocycles. The molecule has 42 heavy (non-hydrogen) atoms. The van der Waals surface area contributed by atoms with Gasteiger partial charge in [-0.15, -0.1) is 0 Å². The fraction of sp³-hybridized carbons (Fsp3) is 0.250. The Hall–Kier alpha value is -4.83. The maximum atomic E-state index is 13.6. The first-order chi connectivity index (χ1) is 20.1. The molecular weight excluding hydrogens is 533 g/mol. The molecular formula is C32H34FN7O2. The van der Waals surface area contributed by atoms with Crippen molar-refractivity contribution in [1.29, 1.82) is 0 Å². The Labute approximate surface area is 244 Å². The minimum absolute atomic E-state index is 0.257. The zero-order valence-electron chi connectivity index (χ0n) is 24.4. The normalized spacial score (nSPS) is 11.6. The Morgan fingerprint density at radius 1 is 1.00 bits per heavy atom. The zero-order chi connectivity index (χ0) is 29.9. The first-order valence-corrected chi connectivity index (χ1v) is 13.7. The summed E-state index contributed by atoms with van der Waals surface area (Å²) in [5.74, 6) is 1.53. The van der Waals surface area contributed by atoms with E-state index in [-0.39, 0.29) is 17.1 Å². The second-order valence-electron chi connectivity index (χ2n) is 11.3. The van der Waals surface area contributed by atoms with E-state index in [9.17, 15) is 9.18 Å². The number of likely N-dealkylation sites (N-methyl/N-ethyl adjacent to an activating group) is 1. The average molecular weight is 568 g/mol. The van der Waals surface area contributed by atoms with E-state index in [4.69, 9.17) is 9.84 Å². The van der Waals surface area contributed by atoms with Crippen LogP contribution in [0, 0.1) is 5.82 Å². The van der Waals surface area contributed by atoms with Crippen LogP contribution in [0.2, 0.25) is 0 Å². The molecule has 0 atom stereocenters. The van der Waals surface area contributed by atoms with E-state index in [0.717, 1.165) is 29.6 Å². The van der Waals surface area contributed by atoms with Gasteiger partial charge in [-0.3, -0.25) is 4.79 Å². The van der Waals surface area contributed by atoms with Crippen LogP contribution in [0.4, 0.5) is 16.0 Å². The fourth-order valence-electron chi connectivity index (χ4n) is 4.34. The van der Waals surface area contributed by atoms with Crippen LogP contribution in [-0.2, 0) is 5.41 Å². The standard InChI is InChI=1S/C32H34FN7O2/c1-32(2,3)27-18-29(40(38-27)23-11-9-22(33)10-12-23)37-31(41)26-8-6-7-21-17-24(13-14-25(21)26)42-30-19-28(35-20-36-30)34-15-16-39(4)5/h6-14,17-20H,15-16H2,1-5H3,(H,37,41)(H,34,35,36). The van der Waals surface area contributed by atoms with Gasteiger partial charge in [0.1, 0.15) is 29.5 Å². The summed E-state index contributed by atoms with van der Waals surface area (Å²) < 4.78 is 21.2. The molecule has 0 aliphatic rings. The third kappa shape index (κ3) is 6.72. The molecule has 5 aromatic rings. The molecule has 0 unspecified atom stereocenters. The molecule has 0 spiro atoms. The molecule has 0 saturated heterocycles. The minimum atomic E-state index is -0.344. The number of amides is 1. The van der Waals surface area contributed by atoms with Crippen LogP contribution in [0.3, 0.4) is 0 Å². The number of carbonyl (C=O) groups is 1. The van der Waals surface area contributed by atoms with Gasteiger partial charge < -0.3 is 20.3 Å². The Balaban J connectivity index is 1.38. The lowest BCUT2D eigenvalue weighted by atomic mass is 9.92. The van der Waals surface area contributed by atoms with Crippen LogP contribution in [-0.4, -0.2) is 57.7 Å². The van der Waals surface area contributed by atoms with Gasteiger partial charge in [-0.25, -0.2) is 19.0 Å². The maximum Gasteiger partial charge on any atom is 0.257 e. The number of aromatic nitrogens is 4. The third-order valence-electron chi connectivity index (χ3n) is 6.62. The second-order valence-corrected chi connectivity index (χ2v) is 11.3. The molecule has 0 aliphatic carbocycles. The average Bonchev–Trinajstić information content (AvgIpc) is 3.37. The van der Waals surface area contributed by atoms with Crippen LogP contribution in [0.25, 0.3) is 16.5 Å². The molecule has 1 amide bonds. The molecule has 10 heteroatoms. The highest BCUT2D eigenvalue weighted by atomic mass is 19.1. The van der Waals surface area contributed by atoms with Gasteiger partial charge in [0.25, 0.3) is 5.91 Å². The number of benzene rings is 3. The number of nitrogens with zero attached hydrogens (tertiary/aromatic N) is 5. The van der Waals surface area contributed by atoms with Crippen molar-refractivity contribution in [3.63, 3.8) is 0 Å². The van der Waals surface area contributed by atoms with Crippen molar-refractivity contribution >= 4 is 28.3 Å². The molecule has 0 saturated carbocycles. The molecule has 0 radical (unpaired) electrons. The number of ether oxygens (including phenoxy) is 1. The van der Waals surface area contributed by atoms with Crippen molar-refractivity contribution in [2.75, 3.05) is 37.8 Å². The van der Waals surface area contributed by atoms with Gasteiger partial charge in [-0.05, 0) is 73.4 Å². The SMILES string of the molecule is CN(C)CCNc1cc(Oc2ccc3c(C(=O)Nc4cc(C(C)(C)C)nn4-c4ccc(F)cc4)cccc3c2)ncn1. The van der Waals surface area contributed by atoms with E-state index in [1.54, 1.807) is 35.0 Å². The van der Waals surface area contributed by atoms with Crippen molar-refractivity contribution < 1.29 is 13.9 Å². The van der Waals surface area contributed by atoms with Gasteiger partial charge in [0.2, 0.25) is 5.88 Å². The Morgan fingerprint density at radius 3 is 2.52 bits per heavy atom. The van der Waals surface area contributed by atoms with E-state index in [1.165, 1.54) is 18.5 Å². The molecule has 0 bridgehead atoms. The molecule has 5 rings (SSSR count). The number of hydrogen-bond acceptors (Lipinski definition) is 7. The molecule has 9 nitrogen and oxygen atoms in total. The van der Waals surface area contributed by atoms with Crippen LogP contribution in [0.5, 0.6) is 11.6 Å². The van der Waals surface area contributed by atoms with Gasteiger partial charge in [-0.2, -0.15) is 5.10 Å². The van der Waals surface area contributed by atoms with E-state index in [0.29, 0.717) is 34.5 Å². The quantitative estimate of drug-likeness (QED) is 0.217. The number of halogens is 1. The number of carbonyl (C=O) groups excluding carboxylic acids is 1. The highest BCUT2D eigenvalue weighted by Gasteiger charge is 2.22. The Bertz CT molecular complexity index is 1710. The summed E-state index contributed by atoms with van der Waals surface area (Å²) in [6.07, 6.45) is 1.46. The summed E-state index contributed by atoms with van der Waals surface area (Å²) in [5.41, 5.74) is 1.68.